The summed E-state index contributed by atoms with van der Waals surface area (Å²) >= 11 is 14.4. The number of para-hydroxylation sites is 1. The maximum atomic E-state index is 7.30. The van der Waals surface area contributed by atoms with Crippen molar-refractivity contribution in [2.45, 2.75) is 0 Å². The Hall–Kier alpha value is -5.52. The molecule has 1 N–H and O–H groups in total. The van der Waals surface area contributed by atoms with E-state index in [0.29, 0.717) is 21.8 Å². The number of aromatic amines is 1. The number of aromatic nitrogens is 2. The highest BCUT2D eigenvalue weighted by Gasteiger charge is 2.55. The molecule has 0 spiro atoms. The number of benzene rings is 6. The van der Waals surface area contributed by atoms with E-state index in [-0.39, 0.29) is 4.48 Å². The van der Waals surface area contributed by atoms with Gasteiger partial charge in [0.2, 0.25) is 0 Å². The van der Waals surface area contributed by atoms with Crippen LogP contribution in [0.3, 0.4) is 0 Å². The van der Waals surface area contributed by atoms with Gasteiger partial charge in [0, 0.05) is 28.3 Å². The zero-order chi connectivity index (χ0) is 32.5. The van der Waals surface area contributed by atoms with E-state index in [0.717, 1.165) is 56.3 Å². The molecule has 1 aliphatic heterocycles. The quantitative estimate of drug-likeness (QED) is 0.170. The number of quaternary nitrogens is 1. The molecule has 0 radical (unpaired) electrons. The molecule has 1 aliphatic rings. The van der Waals surface area contributed by atoms with Crippen molar-refractivity contribution >= 4 is 52.1 Å². The van der Waals surface area contributed by atoms with Gasteiger partial charge in [-0.2, -0.15) is 9.98 Å². The Morgan fingerprint density at radius 2 is 0.979 bits per heavy atom. The van der Waals surface area contributed by atoms with Gasteiger partial charge in [-0.15, -0.1) is 4.48 Å². The second kappa shape index (κ2) is 12.6. The minimum atomic E-state index is -0.0374. The third-order valence-corrected chi connectivity index (χ3v) is 9.29. The predicted octanol–water partition coefficient (Wildman–Crippen LogP) is 11.7. The van der Waals surface area contributed by atoms with Crippen molar-refractivity contribution in [1.82, 2.24) is 14.5 Å². The maximum absolute atomic E-state index is 7.30. The first kappa shape index (κ1) is 29.9. The number of H-pyrrole nitrogens is 1. The zero-order valence-corrected chi connectivity index (χ0v) is 27.3. The van der Waals surface area contributed by atoms with E-state index >= 15 is 0 Å². The van der Waals surface area contributed by atoms with Crippen molar-refractivity contribution in [3.8, 4) is 22.5 Å². The van der Waals surface area contributed by atoms with Gasteiger partial charge in [0.05, 0.1) is 16.3 Å². The Labute approximate surface area is 289 Å². The highest BCUT2D eigenvalue weighted by atomic mass is 35.5. The molecule has 1 unspecified atom stereocenters. The van der Waals surface area contributed by atoms with Crippen LogP contribution in [0.2, 0.25) is 10.0 Å². The van der Waals surface area contributed by atoms with Crippen LogP contribution in [0.1, 0.15) is 16.7 Å². The highest BCUT2D eigenvalue weighted by Crippen LogP contribution is 2.54. The van der Waals surface area contributed by atoms with Crippen LogP contribution in [0, 0.1) is 0 Å². The Bertz CT molecular complexity index is 2240. The lowest BCUT2D eigenvalue weighted by Gasteiger charge is -2.34. The second-order valence-electron chi connectivity index (χ2n) is 11.5. The van der Waals surface area contributed by atoms with Crippen LogP contribution in [0.25, 0.3) is 33.9 Å². The van der Waals surface area contributed by atoms with Gasteiger partial charge in [-0.25, -0.2) is 0 Å². The van der Waals surface area contributed by atoms with Crippen LogP contribution in [0.5, 0.6) is 0 Å². The lowest BCUT2D eigenvalue weighted by Crippen LogP contribution is -2.47. The number of nitrogens with one attached hydrogen (secondary N) is 1. The monoisotopic (exact) mass is 659 g/mol. The number of rotatable bonds is 7. The van der Waals surface area contributed by atoms with E-state index in [2.05, 4.69) is 59.6 Å². The summed E-state index contributed by atoms with van der Waals surface area (Å²) in [5.74, 6) is 1.31. The van der Waals surface area contributed by atoms with Crippen LogP contribution in [0.4, 0.5) is 11.6 Å². The molecule has 6 heteroatoms. The molecule has 0 aliphatic carbocycles. The van der Waals surface area contributed by atoms with E-state index < -0.39 is 0 Å². The molecule has 0 fully saturated rings. The summed E-state index contributed by atoms with van der Waals surface area (Å²) in [6.45, 7) is 0. The average Bonchev–Trinajstić information content (AvgIpc) is 3.75. The van der Waals surface area contributed by atoms with E-state index in [1.165, 1.54) is 0 Å². The molecule has 1 atom stereocenters. The SMILES string of the molecule is Clc1ccccc1C1=NC(c2ccccc2)=C(c2ccccc2)[N+]1(c1nc(-c2ccccc2)c(-c2ccccc2)[nH]1)c1ccccc1Cl. The van der Waals surface area contributed by atoms with Gasteiger partial charge in [0.1, 0.15) is 16.4 Å². The van der Waals surface area contributed by atoms with Gasteiger partial charge in [0.25, 0.3) is 5.84 Å². The molecule has 4 nitrogen and oxygen atoms in total. The topological polar surface area (TPSA) is 41.0 Å². The zero-order valence-electron chi connectivity index (χ0n) is 25.8. The molecule has 6 aromatic carbocycles. The van der Waals surface area contributed by atoms with Crippen molar-refractivity contribution in [2.24, 2.45) is 4.99 Å². The van der Waals surface area contributed by atoms with Crippen LogP contribution in [-0.4, -0.2) is 15.8 Å². The first-order valence-corrected chi connectivity index (χ1v) is 16.5. The number of amidine groups is 1. The fourth-order valence-corrected chi connectivity index (χ4v) is 7.01. The lowest BCUT2D eigenvalue weighted by molar-refractivity contribution is 0.730. The van der Waals surface area contributed by atoms with E-state index in [9.17, 15) is 0 Å². The van der Waals surface area contributed by atoms with Crippen LogP contribution >= 0.6 is 23.2 Å². The highest BCUT2D eigenvalue weighted by molar-refractivity contribution is 6.39. The summed E-state index contributed by atoms with van der Waals surface area (Å²) in [5, 5.41) is 1.14. The van der Waals surface area contributed by atoms with Gasteiger partial charge in [-0.1, -0.05) is 157 Å². The van der Waals surface area contributed by atoms with Crippen LogP contribution in [0.15, 0.2) is 175 Å². The first-order chi connectivity index (χ1) is 23.7. The lowest BCUT2D eigenvalue weighted by atomic mass is 10.0. The van der Waals surface area contributed by atoms with E-state index in [1.807, 2.05) is 115 Å². The molecule has 48 heavy (non-hydrogen) atoms. The smallest absolute Gasteiger partial charge is 0.290 e. The molecule has 8 rings (SSSR count). The van der Waals surface area contributed by atoms with Gasteiger partial charge < -0.3 is 0 Å². The number of hydrogen-bond acceptors (Lipinski definition) is 2. The molecule has 0 bridgehead atoms. The van der Waals surface area contributed by atoms with E-state index in [4.69, 9.17) is 33.2 Å². The fourth-order valence-electron chi connectivity index (χ4n) is 6.52. The summed E-state index contributed by atoms with van der Waals surface area (Å²) in [5.41, 5.74) is 8.91. The molecular formula is C42H29Cl2N4+. The molecule has 230 valence electrons. The Morgan fingerprint density at radius 3 is 1.58 bits per heavy atom. The first-order valence-electron chi connectivity index (χ1n) is 15.7. The van der Waals surface area contributed by atoms with Crippen molar-refractivity contribution in [3.63, 3.8) is 0 Å². The Kier molecular flexibility index (Phi) is 7.83. The van der Waals surface area contributed by atoms with Crippen LogP contribution in [-0.2, 0) is 0 Å². The number of hydrogen-bond donors (Lipinski definition) is 1. The van der Waals surface area contributed by atoms with Crippen molar-refractivity contribution in [3.05, 3.63) is 197 Å². The number of nitrogens with zero attached hydrogens (tertiary/aromatic N) is 3. The summed E-state index contributed by atoms with van der Waals surface area (Å²) in [6, 6.07) is 56.9. The third kappa shape index (κ3) is 4.99. The largest absolute Gasteiger partial charge is 0.324 e. The van der Waals surface area contributed by atoms with Gasteiger partial charge in [0.15, 0.2) is 11.4 Å². The second-order valence-corrected chi connectivity index (χ2v) is 12.3. The third-order valence-electron chi connectivity index (χ3n) is 8.64. The number of halogens is 2. The summed E-state index contributed by atoms with van der Waals surface area (Å²) in [4.78, 5) is 14.9. The Balaban J connectivity index is 1.57. The summed E-state index contributed by atoms with van der Waals surface area (Å²) in [6.07, 6.45) is 0. The fraction of sp³-hybridized carbons (Fsp3) is 0. The van der Waals surface area contributed by atoms with Gasteiger partial charge in [-0.05, 0) is 30.3 Å². The average molecular weight is 661 g/mol. The molecule has 0 saturated carbocycles. The maximum Gasteiger partial charge on any atom is 0.324 e. The predicted molar refractivity (Wildman–Crippen MR) is 200 cm³/mol. The molecule has 7 aromatic rings. The van der Waals surface area contributed by atoms with Crippen molar-refractivity contribution in [1.29, 1.82) is 0 Å². The molecule has 0 amide bonds. The van der Waals surface area contributed by atoms with Crippen molar-refractivity contribution < 1.29 is 0 Å². The van der Waals surface area contributed by atoms with E-state index in [1.54, 1.807) is 0 Å². The minimum Gasteiger partial charge on any atom is -0.290 e. The summed E-state index contributed by atoms with van der Waals surface area (Å²) < 4.78 is -0.0374. The minimum absolute atomic E-state index is 0.0374. The summed E-state index contributed by atoms with van der Waals surface area (Å²) in [7, 11) is 0. The van der Waals surface area contributed by atoms with Gasteiger partial charge >= 0.3 is 5.95 Å². The molecule has 1 aromatic heterocycles. The Morgan fingerprint density at radius 1 is 0.479 bits per heavy atom. The molecule has 2 heterocycles. The molecular weight excluding hydrogens is 631 g/mol. The standard InChI is InChI=1S/C42H29Cl2N4/c43-34-26-14-13-25-33(34)41-45-39(31-21-9-3-10-22-31)40(32-23-11-4-12-24-32)48(41,36-28-16-15-27-35(36)44)42-46-37(29-17-5-1-6-18-29)38(47-42)30-19-7-2-8-20-30/h1-28H,(H,46,47)/q+1. The number of imidazole rings is 1. The van der Waals surface area contributed by atoms with Crippen LogP contribution < -0.4 is 4.48 Å². The van der Waals surface area contributed by atoms with Gasteiger partial charge in [-0.3, -0.25) is 4.98 Å². The normalized spacial score (nSPS) is 15.8. The van der Waals surface area contributed by atoms with Crippen molar-refractivity contribution in [2.75, 3.05) is 0 Å². The number of aliphatic imine (C=N–C) groups is 1. The molecule has 0 saturated heterocycles.